The maximum atomic E-state index is 5.74. The molecule has 1 atom stereocenters. The van der Waals surface area contributed by atoms with Crippen molar-refractivity contribution < 1.29 is 9.15 Å². The third kappa shape index (κ3) is 4.65. The maximum Gasteiger partial charge on any atom is 0.242 e. The minimum Gasteiger partial charge on any atom is -0.421 e. The van der Waals surface area contributed by atoms with Crippen LogP contribution in [0.2, 0.25) is 0 Å². The van der Waals surface area contributed by atoms with Gasteiger partial charge in [-0.2, -0.15) is 0 Å². The molecule has 1 unspecified atom stereocenters. The van der Waals surface area contributed by atoms with E-state index in [1.54, 1.807) is 0 Å². The van der Waals surface area contributed by atoms with E-state index in [4.69, 9.17) is 9.15 Å². The van der Waals surface area contributed by atoms with E-state index in [-0.39, 0.29) is 12.1 Å². The fourth-order valence-corrected chi connectivity index (χ4v) is 1.96. The zero-order chi connectivity index (χ0) is 15.1. The summed E-state index contributed by atoms with van der Waals surface area (Å²) in [4.78, 5) is 0. The van der Waals surface area contributed by atoms with Gasteiger partial charge in [-0.1, -0.05) is 37.3 Å². The number of benzene rings is 1. The van der Waals surface area contributed by atoms with Crippen LogP contribution in [0.5, 0.6) is 0 Å². The van der Waals surface area contributed by atoms with E-state index in [1.807, 2.05) is 32.0 Å². The lowest BCUT2D eigenvalue weighted by molar-refractivity contribution is 0.0508. The minimum absolute atomic E-state index is 0.0774. The van der Waals surface area contributed by atoms with Gasteiger partial charge in [-0.05, 0) is 32.4 Å². The van der Waals surface area contributed by atoms with Crippen LogP contribution < -0.4 is 5.32 Å². The summed E-state index contributed by atoms with van der Waals surface area (Å²) in [7, 11) is 0. The molecule has 1 aromatic heterocycles. The van der Waals surface area contributed by atoms with Crippen LogP contribution in [0, 0.1) is 0 Å². The van der Waals surface area contributed by atoms with Gasteiger partial charge in [-0.15, -0.1) is 10.2 Å². The first-order valence-corrected chi connectivity index (χ1v) is 7.43. The molecule has 21 heavy (non-hydrogen) atoms. The lowest BCUT2D eigenvalue weighted by atomic mass is 10.1. The summed E-state index contributed by atoms with van der Waals surface area (Å²) in [6, 6.07) is 10.1. The summed E-state index contributed by atoms with van der Waals surface area (Å²) >= 11 is 0. The summed E-state index contributed by atoms with van der Waals surface area (Å²) in [5, 5.41) is 11.7. The number of hydrogen-bond donors (Lipinski definition) is 1. The Morgan fingerprint density at radius 1 is 1.19 bits per heavy atom. The lowest BCUT2D eigenvalue weighted by Crippen LogP contribution is -2.23. The third-order valence-corrected chi connectivity index (χ3v) is 3.00. The Morgan fingerprint density at radius 3 is 2.62 bits per heavy atom. The average molecular weight is 289 g/mol. The van der Waals surface area contributed by atoms with Crippen molar-refractivity contribution in [2.24, 2.45) is 0 Å². The molecule has 1 aromatic carbocycles. The molecule has 0 saturated carbocycles. The topological polar surface area (TPSA) is 60.2 Å². The fraction of sp³-hybridized carbons (Fsp3) is 0.500. The first kappa shape index (κ1) is 15.7. The summed E-state index contributed by atoms with van der Waals surface area (Å²) in [5.74, 6) is 1.09. The first-order valence-electron chi connectivity index (χ1n) is 7.43. The third-order valence-electron chi connectivity index (χ3n) is 3.00. The van der Waals surface area contributed by atoms with Crippen molar-refractivity contribution in [3.05, 3.63) is 47.7 Å². The van der Waals surface area contributed by atoms with E-state index >= 15 is 0 Å². The Balaban J connectivity index is 2.13. The highest BCUT2D eigenvalue weighted by atomic mass is 16.5. The predicted octanol–water partition coefficient (Wildman–Crippen LogP) is 3.08. The molecule has 1 N–H and O–H groups in total. The van der Waals surface area contributed by atoms with E-state index < -0.39 is 0 Å². The highest BCUT2D eigenvalue weighted by Gasteiger charge is 2.20. The van der Waals surface area contributed by atoms with E-state index in [9.17, 15) is 0 Å². The Labute approximate surface area is 125 Å². The van der Waals surface area contributed by atoms with Crippen LogP contribution in [-0.2, 0) is 11.3 Å². The average Bonchev–Trinajstić information content (AvgIpc) is 2.95. The van der Waals surface area contributed by atoms with Crippen LogP contribution in [0.4, 0.5) is 0 Å². The maximum absolute atomic E-state index is 5.74. The Hall–Kier alpha value is -1.72. The first-order chi connectivity index (χ1) is 10.2. The molecule has 5 heteroatoms. The second-order valence-corrected chi connectivity index (χ2v) is 5.19. The minimum atomic E-state index is -0.0774. The summed E-state index contributed by atoms with van der Waals surface area (Å²) in [6.45, 7) is 7.32. The molecule has 2 rings (SSSR count). The molecule has 1 heterocycles. The smallest absolute Gasteiger partial charge is 0.242 e. The van der Waals surface area contributed by atoms with Crippen LogP contribution >= 0.6 is 0 Å². The number of aromatic nitrogens is 2. The van der Waals surface area contributed by atoms with Crippen LogP contribution in [0.15, 0.2) is 34.7 Å². The highest BCUT2D eigenvalue weighted by Crippen LogP contribution is 2.21. The van der Waals surface area contributed by atoms with Crippen molar-refractivity contribution in [1.82, 2.24) is 15.5 Å². The molecule has 0 amide bonds. The molecule has 0 aliphatic carbocycles. The summed E-state index contributed by atoms with van der Waals surface area (Å²) < 4.78 is 11.2. The van der Waals surface area contributed by atoms with Crippen molar-refractivity contribution in [3.63, 3.8) is 0 Å². The number of ether oxygens (including phenoxy) is 1. The SMILES string of the molecule is CCCNC(c1ccccc1)c1nnc(COC(C)C)o1. The van der Waals surface area contributed by atoms with E-state index in [0.29, 0.717) is 18.4 Å². The van der Waals surface area contributed by atoms with Crippen molar-refractivity contribution in [2.45, 2.75) is 45.9 Å². The van der Waals surface area contributed by atoms with E-state index in [1.165, 1.54) is 0 Å². The van der Waals surface area contributed by atoms with Gasteiger partial charge in [0.05, 0.1) is 6.10 Å². The number of hydrogen-bond acceptors (Lipinski definition) is 5. The molecule has 114 valence electrons. The van der Waals surface area contributed by atoms with Gasteiger partial charge in [0.1, 0.15) is 12.6 Å². The highest BCUT2D eigenvalue weighted by molar-refractivity contribution is 5.23. The summed E-state index contributed by atoms with van der Waals surface area (Å²) in [6.07, 6.45) is 1.18. The molecule has 0 spiro atoms. The van der Waals surface area contributed by atoms with Gasteiger partial charge in [0.15, 0.2) is 0 Å². The molecule has 0 aliphatic rings. The Morgan fingerprint density at radius 2 is 1.95 bits per heavy atom. The van der Waals surface area contributed by atoms with Crippen LogP contribution in [0.1, 0.15) is 50.6 Å². The zero-order valence-electron chi connectivity index (χ0n) is 12.9. The second-order valence-electron chi connectivity index (χ2n) is 5.19. The van der Waals surface area contributed by atoms with Gasteiger partial charge in [-0.25, -0.2) is 0 Å². The number of nitrogens with one attached hydrogen (secondary N) is 1. The molecular weight excluding hydrogens is 266 g/mol. The second kappa shape index (κ2) is 7.90. The molecular formula is C16H23N3O2. The van der Waals surface area contributed by atoms with E-state index in [0.717, 1.165) is 18.5 Å². The lowest BCUT2D eigenvalue weighted by Gasteiger charge is -2.14. The molecule has 0 bridgehead atoms. The van der Waals surface area contributed by atoms with Gasteiger partial charge in [0, 0.05) is 0 Å². The van der Waals surface area contributed by atoms with Gasteiger partial charge in [-0.3, -0.25) is 0 Å². The molecule has 0 aliphatic heterocycles. The quantitative estimate of drug-likeness (QED) is 0.809. The molecule has 5 nitrogen and oxygen atoms in total. The normalized spacial score (nSPS) is 12.8. The van der Waals surface area contributed by atoms with Crippen molar-refractivity contribution >= 4 is 0 Å². The number of rotatable bonds is 8. The van der Waals surface area contributed by atoms with Crippen LogP contribution in [0.25, 0.3) is 0 Å². The Kier molecular flexibility index (Phi) is 5.90. The predicted molar refractivity (Wildman–Crippen MR) is 80.8 cm³/mol. The largest absolute Gasteiger partial charge is 0.421 e. The number of nitrogens with zero attached hydrogens (tertiary/aromatic N) is 2. The van der Waals surface area contributed by atoms with Crippen molar-refractivity contribution in [3.8, 4) is 0 Å². The summed E-state index contributed by atoms with van der Waals surface area (Å²) in [5.41, 5.74) is 1.12. The molecule has 2 aromatic rings. The molecule has 0 saturated heterocycles. The fourth-order valence-electron chi connectivity index (χ4n) is 1.96. The standard InChI is InChI=1S/C16H23N3O2/c1-4-10-17-15(13-8-6-5-7-9-13)16-19-18-14(21-16)11-20-12(2)3/h5-9,12,15,17H,4,10-11H2,1-3H3. The van der Waals surface area contributed by atoms with Crippen molar-refractivity contribution in [1.29, 1.82) is 0 Å². The Bertz CT molecular complexity index is 525. The van der Waals surface area contributed by atoms with Crippen molar-refractivity contribution in [2.75, 3.05) is 6.54 Å². The monoisotopic (exact) mass is 289 g/mol. The van der Waals surface area contributed by atoms with Crippen LogP contribution in [0.3, 0.4) is 0 Å². The zero-order valence-corrected chi connectivity index (χ0v) is 12.9. The van der Waals surface area contributed by atoms with Crippen LogP contribution in [-0.4, -0.2) is 22.8 Å². The van der Waals surface area contributed by atoms with Gasteiger partial charge >= 0.3 is 0 Å². The van der Waals surface area contributed by atoms with Gasteiger partial charge in [0.25, 0.3) is 0 Å². The van der Waals surface area contributed by atoms with Gasteiger partial charge < -0.3 is 14.5 Å². The van der Waals surface area contributed by atoms with Gasteiger partial charge in [0.2, 0.25) is 11.8 Å². The molecule has 0 fully saturated rings. The molecule has 0 radical (unpaired) electrons. The van der Waals surface area contributed by atoms with E-state index in [2.05, 4.69) is 34.6 Å².